The van der Waals surface area contributed by atoms with Crippen LogP contribution < -0.4 is 5.32 Å². The Morgan fingerprint density at radius 3 is 2.77 bits per heavy atom. The molecule has 3 aromatic rings. The first-order valence-corrected chi connectivity index (χ1v) is 8.51. The van der Waals surface area contributed by atoms with E-state index in [0.717, 1.165) is 20.3 Å². The number of hydrogen-bond donors (Lipinski definition) is 1. The summed E-state index contributed by atoms with van der Waals surface area (Å²) >= 11 is 3.02. The number of carbonyl (C=O) groups is 1. The lowest BCUT2D eigenvalue weighted by Crippen LogP contribution is -2.09. The van der Waals surface area contributed by atoms with Gasteiger partial charge in [0.2, 0.25) is 11.7 Å². The number of anilines is 1. The van der Waals surface area contributed by atoms with Crippen LogP contribution >= 0.6 is 22.7 Å². The second-order valence-corrected chi connectivity index (χ2v) is 7.35. The summed E-state index contributed by atoms with van der Waals surface area (Å²) in [6.07, 6.45) is 0.707. The summed E-state index contributed by atoms with van der Waals surface area (Å²) < 4.78 is 5.13. The Labute approximate surface area is 136 Å². The van der Waals surface area contributed by atoms with Crippen LogP contribution in [0, 0.1) is 13.8 Å². The average molecular weight is 333 g/mol. The summed E-state index contributed by atoms with van der Waals surface area (Å²) in [6, 6.07) is 5.67. The number of thiophene rings is 2. The van der Waals surface area contributed by atoms with Crippen molar-refractivity contribution in [2.24, 2.45) is 0 Å². The number of nitrogens with one attached hydrogen (secondary N) is 1. The number of hydrogen-bond acceptors (Lipinski definition) is 6. The fourth-order valence-electron chi connectivity index (χ4n) is 1.96. The molecule has 5 nitrogen and oxygen atoms in total. The van der Waals surface area contributed by atoms with Crippen LogP contribution in [0.25, 0.3) is 10.7 Å². The standard InChI is InChI=1S/C15H15N3O2S2/c1-4-13-17-14(18-20-13)12-7-10(9(3)22-12)16-15(19)11-6-5-8(2)21-11/h5-7H,4H2,1-3H3,(H,16,19). The highest BCUT2D eigenvalue weighted by Crippen LogP contribution is 2.33. The monoisotopic (exact) mass is 333 g/mol. The molecular formula is C15H15N3O2S2. The van der Waals surface area contributed by atoms with Gasteiger partial charge in [-0.3, -0.25) is 4.79 Å². The fraction of sp³-hybridized carbons (Fsp3) is 0.267. The molecule has 3 rings (SSSR count). The van der Waals surface area contributed by atoms with Crippen LogP contribution in [0.4, 0.5) is 5.69 Å². The van der Waals surface area contributed by atoms with Crippen molar-refractivity contribution in [2.75, 3.05) is 5.32 Å². The van der Waals surface area contributed by atoms with Crippen LogP contribution in [-0.4, -0.2) is 16.0 Å². The van der Waals surface area contributed by atoms with E-state index in [-0.39, 0.29) is 5.91 Å². The van der Waals surface area contributed by atoms with Gasteiger partial charge in [-0.1, -0.05) is 12.1 Å². The zero-order valence-corrected chi connectivity index (χ0v) is 14.1. The zero-order chi connectivity index (χ0) is 15.7. The van der Waals surface area contributed by atoms with E-state index < -0.39 is 0 Å². The van der Waals surface area contributed by atoms with Gasteiger partial charge in [-0.15, -0.1) is 22.7 Å². The van der Waals surface area contributed by atoms with E-state index in [1.54, 1.807) is 0 Å². The molecular weight excluding hydrogens is 318 g/mol. The van der Waals surface area contributed by atoms with E-state index >= 15 is 0 Å². The molecule has 0 saturated carbocycles. The summed E-state index contributed by atoms with van der Waals surface area (Å²) in [7, 11) is 0. The van der Waals surface area contributed by atoms with Crippen molar-refractivity contribution < 1.29 is 9.32 Å². The van der Waals surface area contributed by atoms with E-state index in [9.17, 15) is 4.79 Å². The largest absolute Gasteiger partial charge is 0.339 e. The van der Waals surface area contributed by atoms with Gasteiger partial charge in [0.15, 0.2) is 0 Å². The second kappa shape index (κ2) is 6.02. The smallest absolute Gasteiger partial charge is 0.265 e. The van der Waals surface area contributed by atoms with Gasteiger partial charge in [-0.2, -0.15) is 4.98 Å². The van der Waals surface area contributed by atoms with Crippen molar-refractivity contribution in [3.8, 4) is 10.7 Å². The van der Waals surface area contributed by atoms with E-state index in [2.05, 4.69) is 15.5 Å². The fourth-order valence-corrected chi connectivity index (χ4v) is 3.62. The molecule has 7 heteroatoms. The highest BCUT2D eigenvalue weighted by atomic mass is 32.1. The van der Waals surface area contributed by atoms with Gasteiger partial charge in [0.25, 0.3) is 5.91 Å². The second-order valence-electron chi connectivity index (χ2n) is 4.81. The van der Waals surface area contributed by atoms with Gasteiger partial charge in [0.1, 0.15) is 0 Å². The molecule has 0 unspecified atom stereocenters. The summed E-state index contributed by atoms with van der Waals surface area (Å²) in [4.78, 5) is 20.3. The van der Waals surface area contributed by atoms with Crippen molar-refractivity contribution in [3.05, 3.63) is 38.7 Å². The molecule has 0 saturated heterocycles. The van der Waals surface area contributed by atoms with Crippen LogP contribution in [0.5, 0.6) is 0 Å². The molecule has 114 valence electrons. The Kier molecular flexibility index (Phi) is 4.08. The topological polar surface area (TPSA) is 68.0 Å². The molecule has 0 aromatic carbocycles. The summed E-state index contributed by atoms with van der Waals surface area (Å²) in [5.41, 5.74) is 0.791. The van der Waals surface area contributed by atoms with Crippen LogP contribution in [0.15, 0.2) is 22.7 Å². The minimum absolute atomic E-state index is 0.0899. The van der Waals surface area contributed by atoms with Crippen molar-refractivity contribution in [1.29, 1.82) is 0 Å². The molecule has 0 aliphatic rings. The number of nitrogens with zero attached hydrogens (tertiary/aromatic N) is 2. The Hall–Kier alpha value is -1.99. The van der Waals surface area contributed by atoms with E-state index in [1.165, 1.54) is 22.7 Å². The molecule has 0 aliphatic carbocycles. The molecule has 0 radical (unpaired) electrons. The normalized spacial score (nSPS) is 10.9. The predicted octanol–water partition coefficient (Wildman–Crippen LogP) is 4.29. The Morgan fingerprint density at radius 2 is 2.14 bits per heavy atom. The molecule has 3 aromatic heterocycles. The summed E-state index contributed by atoms with van der Waals surface area (Å²) in [5.74, 6) is 1.09. The molecule has 0 aliphatic heterocycles. The van der Waals surface area contributed by atoms with Crippen molar-refractivity contribution in [2.45, 2.75) is 27.2 Å². The Balaban J connectivity index is 1.81. The summed E-state index contributed by atoms with van der Waals surface area (Å²) in [6.45, 7) is 5.91. The lowest BCUT2D eigenvalue weighted by molar-refractivity contribution is 0.103. The molecule has 0 spiro atoms. The highest BCUT2D eigenvalue weighted by molar-refractivity contribution is 7.16. The Morgan fingerprint density at radius 1 is 1.32 bits per heavy atom. The molecule has 3 heterocycles. The average Bonchev–Trinajstić information content (AvgIpc) is 3.19. The minimum Gasteiger partial charge on any atom is -0.339 e. The Bertz CT molecular complexity index is 816. The van der Waals surface area contributed by atoms with Gasteiger partial charge in [0.05, 0.1) is 15.4 Å². The third-order valence-corrected chi connectivity index (χ3v) is 5.17. The zero-order valence-electron chi connectivity index (χ0n) is 12.5. The predicted molar refractivity (Wildman–Crippen MR) is 88.7 cm³/mol. The maximum atomic E-state index is 12.2. The third kappa shape index (κ3) is 2.95. The highest BCUT2D eigenvalue weighted by Gasteiger charge is 2.15. The molecule has 22 heavy (non-hydrogen) atoms. The van der Waals surface area contributed by atoms with Crippen LogP contribution in [0.2, 0.25) is 0 Å². The molecule has 0 bridgehead atoms. The number of aryl methyl sites for hydroxylation is 3. The molecule has 0 atom stereocenters. The van der Waals surface area contributed by atoms with E-state index in [1.807, 2.05) is 39.0 Å². The number of aromatic nitrogens is 2. The summed E-state index contributed by atoms with van der Waals surface area (Å²) in [5, 5.41) is 6.91. The molecule has 1 N–H and O–H groups in total. The van der Waals surface area contributed by atoms with Crippen molar-refractivity contribution >= 4 is 34.3 Å². The van der Waals surface area contributed by atoms with Crippen molar-refractivity contribution in [1.82, 2.24) is 10.1 Å². The maximum Gasteiger partial charge on any atom is 0.265 e. The first-order chi connectivity index (χ1) is 10.6. The van der Waals surface area contributed by atoms with E-state index in [4.69, 9.17) is 4.52 Å². The van der Waals surface area contributed by atoms with Gasteiger partial charge in [-0.05, 0) is 32.0 Å². The van der Waals surface area contributed by atoms with E-state index in [0.29, 0.717) is 23.0 Å². The maximum absolute atomic E-state index is 12.2. The van der Waals surface area contributed by atoms with Crippen LogP contribution in [-0.2, 0) is 6.42 Å². The third-order valence-electron chi connectivity index (χ3n) is 3.12. The van der Waals surface area contributed by atoms with Crippen LogP contribution in [0.1, 0.15) is 32.2 Å². The quantitative estimate of drug-likeness (QED) is 0.773. The number of carbonyl (C=O) groups excluding carboxylic acids is 1. The van der Waals surface area contributed by atoms with Gasteiger partial charge in [-0.25, -0.2) is 0 Å². The van der Waals surface area contributed by atoms with Gasteiger partial charge >= 0.3 is 0 Å². The number of rotatable bonds is 4. The van der Waals surface area contributed by atoms with Gasteiger partial charge in [0, 0.05) is 16.2 Å². The molecule has 1 amide bonds. The van der Waals surface area contributed by atoms with Crippen molar-refractivity contribution in [3.63, 3.8) is 0 Å². The first kappa shape index (κ1) is 14.9. The number of amides is 1. The SMILES string of the molecule is CCc1nc(-c2cc(NC(=O)c3ccc(C)s3)c(C)s2)no1. The lowest BCUT2D eigenvalue weighted by Gasteiger charge is -2.01. The lowest BCUT2D eigenvalue weighted by atomic mass is 10.3. The first-order valence-electron chi connectivity index (χ1n) is 6.88. The van der Waals surface area contributed by atoms with Gasteiger partial charge < -0.3 is 9.84 Å². The minimum atomic E-state index is -0.0899. The van der Waals surface area contributed by atoms with Crippen LogP contribution in [0.3, 0.4) is 0 Å². The molecule has 0 fully saturated rings.